The lowest BCUT2D eigenvalue weighted by Crippen LogP contribution is -2.46. The number of rotatable bonds is 19. The highest BCUT2D eigenvalue weighted by Gasteiger charge is 2.12. The highest BCUT2D eigenvalue weighted by Crippen LogP contribution is 1.95. The van der Waals surface area contributed by atoms with Crippen LogP contribution >= 0.6 is 12.0 Å². The van der Waals surface area contributed by atoms with Crippen LogP contribution in [0.4, 0.5) is 0 Å². The fourth-order valence-electron chi connectivity index (χ4n) is 1.80. The highest BCUT2D eigenvalue weighted by atomic mass is 32.2. The third-order valence-corrected chi connectivity index (χ3v) is 3.78. The number of hydrogen-bond acceptors (Lipinski definition) is 9. The molecular weight excluding hydrogens is 390 g/mol. The van der Waals surface area contributed by atoms with Crippen molar-refractivity contribution >= 4 is 29.6 Å². The van der Waals surface area contributed by atoms with Crippen LogP contribution in [0.25, 0.3) is 0 Å². The van der Waals surface area contributed by atoms with E-state index < -0.39 is 5.91 Å². The lowest BCUT2D eigenvalue weighted by molar-refractivity contribution is -0.127. The lowest BCUT2D eigenvalue weighted by atomic mass is 10.3. The first-order chi connectivity index (χ1) is 13.5. The van der Waals surface area contributed by atoms with Crippen molar-refractivity contribution in [2.45, 2.75) is 19.4 Å². The number of amides is 2. The van der Waals surface area contributed by atoms with Gasteiger partial charge in [0.1, 0.15) is 0 Å². The quantitative estimate of drug-likeness (QED) is 0.180. The van der Waals surface area contributed by atoms with Gasteiger partial charge in [0.15, 0.2) is 5.78 Å². The molecule has 0 aromatic carbocycles. The van der Waals surface area contributed by atoms with E-state index in [2.05, 4.69) is 16.0 Å². The number of ether oxygens (including phenoxy) is 3. The fraction of sp³-hybridized carbons (Fsp3) is 0.824. The molecule has 1 atom stereocenters. The molecule has 0 fully saturated rings. The fourth-order valence-corrected chi connectivity index (χ4v) is 2.03. The maximum absolute atomic E-state index is 11.9. The van der Waals surface area contributed by atoms with Gasteiger partial charge < -0.3 is 34.3 Å². The van der Waals surface area contributed by atoms with Crippen molar-refractivity contribution in [2.75, 3.05) is 72.6 Å². The van der Waals surface area contributed by atoms with Crippen LogP contribution in [0.1, 0.15) is 13.3 Å². The third-order valence-electron chi connectivity index (χ3n) is 3.37. The maximum Gasteiger partial charge on any atom is 0.239 e. The van der Waals surface area contributed by atoms with Gasteiger partial charge in [-0.1, -0.05) is 6.92 Å². The molecule has 28 heavy (non-hydrogen) atoms. The SMILES string of the molecule is CCC(=O)CNC(=O)CNC(=O)CNC(COCCOC)COCCOSC. The summed E-state index contributed by atoms with van der Waals surface area (Å²) in [6.45, 7) is 4.02. The molecule has 3 N–H and O–H groups in total. The molecule has 0 bridgehead atoms. The van der Waals surface area contributed by atoms with E-state index in [0.29, 0.717) is 46.1 Å². The molecule has 1 unspecified atom stereocenters. The molecular formula is C17H33N3O7S. The monoisotopic (exact) mass is 423 g/mol. The molecule has 0 saturated heterocycles. The largest absolute Gasteiger partial charge is 0.382 e. The van der Waals surface area contributed by atoms with E-state index in [-0.39, 0.29) is 37.4 Å². The molecule has 0 aliphatic rings. The van der Waals surface area contributed by atoms with Crippen LogP contribution in [0, 0.1) is 0 Å². The van der Waals surface area contributed by atoms with Crippen LogP contribution in [0.15, 0.2) is 0 Å². The van der Waals surface area contributed by atoms with Gasteiger partial charge in [0.05, 0.1) is 65.3 Å². The standard InChI is InChI=1S/C17H33N3O7S/c1-4-15(21)9-19-17(23)11-20-16(22)10-18-14(12-25-6-5-24-2)13-26-7-8-27-28-3/h14,18H,4-13H2,1-3H3,(H,19,23)(H,20,22). The van der Waals surface area contributed by atoms with Crippen LogP contribution < -0.4 is 16.0 Å². The number of methoxy groups -OCH3 is 1. The molecule has 0 aromatic heterocycles. The molecule has 0 radical (unpaired) electrons. The van der Waals surface area contributed by atoms with Crippen molar-refractivity contribution < 1.29 is 32.8 Å². The summed E-state index contributed by atoms with van der Waals surface area (Å²) in [5, 5.41) is 7.98. The van der Waals surface area contributed by atoms with Crippen molar-refractivity contribution in [3.63, 3.8) is 0 Å². The Morgan fingerprint density at radius 3 is 2.11 bits per heavy atom. The Bertz CT molecular complexity index is 441. The van der Waals surface area contributed by atoms with Crippen molar-refractivity contribution in [3.05, 3.63) is 0 Å². The first kappa shape index (κ1) is 26.8. The molecule has 0 aliphatic carbocycles. The number of carbonyl (C=O) groups excluding carboxylic acids is 3. The van der Waals surface area contributed by atoms with E-state index in [4.69, 9.17) is 18.4 Å². The summed E-state index contributed by atoms with van der Waals surface area (Å²) in [5.41, 5.74) is 0. The van der Waals surface area contributed by atoms with E-state index in [0.717, 1.165) is 0 Å². The second-order valence-corrected chi connectivity index (χ2v) is 6.22. The van der Waals surface area contributed by atoms with Gasteiger partial charge in [-0.2, -0.15) is 0 Å². The molecule has 0 rings (SSSR count). The number of nitrogens with one attached hydrogen (secondary N) is 3. The summed E-state index contributed by atoms with van der Waals surface area (Å²) in [6.07, 6.45) is 2.18. The van der Waals surface area contributed by atoms with Gasteiger partial charge in [-0.05, 0) is 12.0 Å². The summed E-state index contributed by atoms with van der Waals surface area (Å²) < 4.78 is 21.0. The van der Waals surface area contributed by atoms with Crippen molar-refractivity contribution in [2.24, 2.45) is 0 Å². The Morgan fingerprint density at radius 1 is 0.893 bits per heavy atom. The number of Topliss-reactive ketones (excluding diaryl/α,β-unsaturated/α-hetero) is 1. The molecule has 10 nitrogen and oxygen atoms in total. The average molecular weight is 424 g/mol. The Kier molecular flexibility index (Phi) is 18.2. The Balaban J connectivity index is 4.09. The Morgan fingerprint density at radius 2 is 1.50 bits per heavy atom. The molecule has 0 heterocycles. The zero-order chi connectivity index (χ0) is 21.0. The van der Waals surface area contributed by atoms with Gasteiger partial charge in [-0.25, -0.2) is 0 Å². The second-order valence-electron chi connectivity index (χ2n) is 5.65. The van der Waals surface area contributed by atoms with Crippen LogP contribution in [0.3, 0.4) is 0 Å². The highest BCUT2D eigenvalue weighted by molar-refractivity contribution is 7.93. The Hall–Kier alpha value is -1.24. The van der Waals surface area contributed by atoms with Gasteiger partial charge in [-0.15, -0.1) is 0 Å². The molecule has 0 spiro atoms. The minimum absolute atomic E-state index is 0.00411. The zero-order valence-electron chi connectivity index (χ0n) is 16.9. The summed E-state index contributed by atoms with van der Waals surface area (Å²) in [6, 6.07) is -0.201. The third kappa shape index (κ3) is 16.9. The predicted molar refractivity (Wildman–Crippen MR) is 106 cm³/mol. The van der Waals surface area contributed by atoms with E-state index in [1.165, 1.54) is 12.0 Å². The van der Waals surface area contributed by atoms with Gasteiger partial charge in [-0.3, -0.25) is 14.4 Å². The minimum atomic E-state index is -0.410. The second kappa shape index (κ2) is 19.1. The van der Waals surface area contributed by atoms with Gasteiger partial charge in [0, 0.05) is 19.8 Å². The summed E-state index contributed by atoms with van der Waals surface area (Å²) in [5.74, 6) is -0.822. The molecule has 164 valence electrons. The summed E-state index contributed by atoms with van der Waals surface area (Å²) in [4.78, 5) is 34.6. The van der Waals surface area contributed by atoms with E-state index in [9.17, 15) is 14.4 Å². The topological polar surface area (TPSA) is 124 Å². The van der Waals surface area contributed by atoms with Crippen LogP contribution in [-0.2, 0) is 32.8 Å². The van der Waals surface area contributed by atoms with Gasteiger partial charge in [0.25, 0.3) is 0 Å². The van der Waals surface area contributed by atoms with Crippen molar-refractivity contribution in [1.82, 2.24) is 16.0 Å². The molecule has 0 aliphatic heterocycles. The maximum atomic E-state index is 11.9. The summed E-state index contributed by atoms with van der Waals surface area (Å²) >= 11 is 1.27. The van der Waals surface area contributed by atoms with Gasteiger partial charge >= 0.3 is 0 Å². The van der Waals surface area contributed by atoms with Crippen LogP contribution in [-0.4, -0.2) is 96.3 Å². The van der Waals surface area contributed by atoms with E-state index in [1.54, 1.807) is 14.0 Å². The molecule has 11 heteroatoms. The first-order valence-electron chi connectivity index (χ1n) is 9.11. The normalized spacial score (nSPS) is 11.8. The zero-order valence-corrected chi connectivity index (χ0v) is 17.7. The lowest BCUT2D eigenvalue weighted by Gasteiger charge is -2.19. The minimum Gasteiger partial charge on any atom is -0.382 e. The molecule has 0 saturated carbocycles. The van der Waals surface area contributed by atoms with E-state index >= 15 is 0 Å². The number of hydrogen-bond donors (Lipinski definition) is 3. The van der Waals surface area contributed by atoms with Crippen LogP contribution in [0.5, 0.6) is 0 Å². The number of carbonyl (C=O) groups is 3. The predicted octanol–water partition coefficient (Wildman–Crippen LogP) is -0.870. The van der Waals surface area contributed by atoms with Crippen molar-refractivity contribution in [3.8, 4) is 0 Å². The van der Waals surface area contributed by atoms with Crippen molar-refractivity contribution in [1.29, 1.82) is 0 Å². The van der Waals surface area contributed by atoms with Crippen LogP contribution in [0.2, 0.25) is 0 Å². The first-order valence-corrected chi connectivity index (χ1v) is 10.3. The molecule has 2 amide bonds. The van der Waals surface area contributed by atoms with Gasteiger partial charge in [0.2, 0.25) is 11.8 Å². The molecule has 0 aromatic rings. The Labute approximate surface area is 170 Å². The average Bonchev–Trinajstić information content (AvgIpc) is 2.70. The van der Waals surface area contributed by atoms with E-state index in [1.807, 2.05) is 6.26 Å². The smallest absolute Gasteiger partial charge is 0.239 e. The number of ketones is 1. The summed E-state index contributed by atoms with van der Waals surface area (Å²) in [7, 11) is 1.59.